The highest BCUT2D eigenvalue weighted by molar-refractivity contribution is 5.31. The summed E-state index contributed by atoms with van der Waals surface area (Å²) in [5, 5.41) is 0. The van der Waals surface area contributed by atoms with Crippen LogP contribution < -0.4 is 16.0 Å². The Labute approximate surface area is 124 Å². The molecule has 1 atom stereocenters. The summed E-state index contributed by atoms with van der Waals surface area (Å²) in [5.74, 6) is 5.57. The fraction of sp³-hybridized carbons (Fsp3) is 0.294. The van der Waals surface area contributed by atoms with Crippen molar-refractivity contribution in [2.24, 2.45) is 5.84 Å². The molecular formula is C17H21FN2O. The van der Waals surface area contributed by atoms with Crippen molar-refractivity contribution in [3.8, 4) is 5.75 Å². The van der Waals surface area contributed by atoms with Gasteiger partial charge in [-0.3, -0.25) is 11.3 Å². The van der Waals surface area contributed by atoms with Gasteiger partial charge in [0.15, 0.2) is 11.6 Å². The van der Waals surface area contributed by atoms with Crippen molar-refractivity contribution in [2.45, 2.75) is 25.3 Å². The summed E-state index contributed by atoms with van der Waals surface area (Å²) >= 11 is 0. The van der Waals surface area contributed by atoms with Crippen molar-refractivity contribution in [2.75, 3.05) is 7.11 Å². The van der Waals surface area contributed by atoms with Crippen LogP contribution in [0.5, 0.6) is 5.75 Å². The quantitative estimate of drug-likeness (QED) is 0.608. The molecule has 3 N–H and O–H groups in total. The normalized spacial score (nSPS) is 12.1. The number of methoxy groups -OCH3 is 1. The molecule has 2 rings (SSSR count). The minimum atomic E-state index is -0.306. The van der Waals surface area contributed by atoms with Gasteiger partial charge < -0.3 is 4.74 Å². The summed E-state index contributed by atoms with van der Waals surface area (Å²) in [5.41, 5.74) is 4.65. The van der Waals surface area contributed by atoms with Gasteiger partial charge in [-0.05, 0) is 36.5 Å². The van der Waals surface area contributed by atoms with Gasteiger partial charge in [0, 0.05) is 6.04 Å². The predicted octanol–water partition coefficient (Wildman–Crippen LogP) is 2.84. The van der Waals surface area contributed by atoms with Crippen molar-refractivity contribution < 1.29 is 9.13 Å². The third-order valence-corrected chi connectivity index (χ3v) is 3.59. The topological polar surface area (TPSA) is 47.3 Å². The van der Waals surface area contributed by atoms with Crippen molar-refractivity contribution in [1.29, 1.82) is 0 Å². The van der Waals surface area contributed by atoms with Gasteiger partial charge in [0.05, 0.1) is 7.11 Å². The molecular weight excluding hydrogens is 267 g/mol. The first-order valence-electron chi connectivity index (χ1n) is 7.06. The smallest absolute Gasteiger partial charge is 0.168 e. The van der Waals surface area contributed by atoms with Gasteiger partial charge in [-0.1, -0.05) is 42.5 Å². The molecule has 1 unspecified atom stereocenters. The molecule has 2 aromatic rings. The van der Waals surface area contributed by atoms with Gasteiger partial charge in [0.1, 0.15) is 0 Å². The van der Waals surface area contributed by atoms with Crippen LogP contribution in [0.3, 0.4) is 0 Å². The lowest BCUT2D eigenvalue weighted by atomic mass is 9.99. The summed E-state index contributed by atoms with van der Waals surface area (Å²) in [6.07, 6.45) is 2.28. The number of ether oxygens (including phenoxy) is 1. The monoisotopic (exact) mass is 288 g/mol. The van der Waals surface area contributed by atoms with Crippen LogP contribution in [-0.4, -0.2) is 13.2 Å². The van der Waals surface area contributed by atoms with Crippen LogP contribution in [-0.2, 0) is 12.8 Å². The van der Waals surface area contributed by atoms with Gasteiger partial charge in [0.2, 0.25) is 0 Å². The van der Waals surface area contributed by atoms with Crippen LogP contribution in [0.4, 0.5) is 4.39 Å². The van der Waals surface area contributed by atoms with Gasteiger partial charge in [-0.15, -0.1) is 0 Å². The van der Waals surface area contributed by atoms with E-state index in [2.05, 4.69) is 17.6 Å². The molecule has 4 heteroatoms. The Morgan fingerprint density at radius 2 is 1.90 bits per heavy atom. The lowest BCUT2D eigenvalue weighted by Gasteiger charge is -2.17. The van der Waals surface area contributed by atoms with Gasteiger partial charge >= 0.3 is 0 Å². The molecule has 2 aromatic carbocycles. The number of hydrogen-bond donors (Lipinski definition) is 2. The number of nitrogens with two attached hydrogens (primary N) is 1. The standard InChI is InChI=1S/C17H21FN2O/c1-21-16-9-5-8-14(17(16)18)12-15(20-19)11-10-13-6-3-2-4-7-13/h2-9,15,20H,10-12,19H2,1H3. The Kier molecular flexibility index (Phi) is 5.72. The number of hydrazine groups is 1. The third kappa shape index (κ3) is 4.28. The molecule has 0 aliphatic carbocycles. The van der Waals surface area contributed by atoms with E-state index in [1.54, 1.807) is 18.2 Å². The summed E-state index contributed by atoms with van der Waals surface area (Å²) in [7, 11) is 1.47. The number of hydrogen-bond acceptors (Lipinski definition) is 3. The molecule has 3 nitrogen and oxygen atoms in total. The molecule has 0 fully saturated rings. The van der Waals surface area contributed by atoms with E-state index in [1.165, 1.54) is 12.7 Å². The van der Waals surface area contributed by atoms with Gasteiger partial charge in [0.25, 0.3) is 0 Å². The average Bonchev–Trinajstić information content (AvgIpc) is 2.54. The average molecular weight is 288 g/mol. The van der Waals surface area contributed by atoms with Crippen LogP contribution in [0.25, 0.3) is 0 Å². The second-order valence-electron chi connectivity index (χ2n) is 5.03. The fourth-order valence-electron chi connectivity index (χ4n) is 2.37. The molecule has 0 saturated carbocycles. The molecule has 0 spiro atoms. The number of nitrogens with one attached hydrogen (secondary N) is 1. The maximum absolute atomic E-state index is 14.1. The molecule has 0 aliphatic rings. The highest BCUT2D eigenvalue weighted by atomic mass is 19.1. The largest absolute Gasteiger partial charge is 0.494 e. The predicted molar refractivity (Wildman–Crippen MR) is 82.5 cm³/mol. The van der Waals surface area contributed by atoms with E-state index >= 15 is 0 Å². The Bertz CT molecular complexity index is 560. The Balaban J connectivity index is 1.99. The lowest BCUT2D eigenvalue weighted by molar-refractivity contribution is 0.381. The van der Waals surface area contributed by atoms with Crippen molar-refractivity contribution in [1.82, 2.24) is 5.43 Å². The number of aryl methyl sites for hydroxylation is 1. The van der Waals surface area contributed by atoms with Crippen molar-refractivity contribution in [3.63, 3.8) is 0 Å². The van der Waals surface area contributed by atoms with E-state index in [9.17, 15) is 4.39 Å². The third-order valence-electron chi connectivity index (χ3n) is 3.59. The zero-order valence-corrected chi connectivity index (χ0v) is 12.2. The van der Waals surface area contributed by atoms with Crippen LogP contribution >= 0.6 is 0 Å². The first-order chi connectivity index (χ1) is 10.2. The van der Waals surface area contributed by atoms with Crippen LogP contribution in [0.15, 0.2) is 48.5 Å². The second-order valence-corrected chi connectivity index (χ2v) is 5.03. The fourth-order valence-corrected chi connectivity index (χ4v) is 2.37. The molecule has 112 valence electrons. The van der Waals surface area contributed by atoms with E-state index in [4.69, 9.17) is 10.6 Å². The number of rotatable bonds is 7. The zero-order valence-electron chi connectivity index (χ0n) is 12.2. The highest BCUT2D eigenvalue weighted by Gasteiger charge is 2.14. The molecule has 0 bridgehead atoms. The van der Waals surface area contributed by atoms with Crippen LogP contribution in [0, 0.1) is 5.82 Å². The Morgan fingerprint density at radius 3 is 2.57 bits per heavy atom. The molecule has 0 radical (unpaired) electrons. The van der Waals surface area contributed by atoms with Crippen LogP contribution in [0.2, 0.25) is 0 Å². The molecule has 0 aromatic heterocycles. The minimum Gasteiger partial charge on any atom is -0.494 e. The Morgan fingerprint density at radius 1 is 1.14 bits per heavy atom. The highest BCUT2D eigenvalue weighted by Crippen LogP contribution is 2.21. The summed E-state index contributed by atoms with van der Waals surface area (Å²) < 4.78 is 19.1. The molecule has 0 saturated heterocycles. The van der Waals surface area contributed by atoms with E-state index in [0.29, 0.717) is 12.0 Å². The number of benzene rings is 2. The minimum absolute atomic E-state index is 0.0202. The van der Waals surface area contributed by atoms with E-state index in [0.717, 1.165) is 12.8 Å². The van der Waals surface area contributed by atoms with Crippen LogP contribution in [0.1, 0.15) is 17.5 Å². The summed E-state index contributed by atoms with van der Waals surface area (Å²) in [4.78, 5) is 0. The molecule has 21 heavy (non-hydrogen) atoms. The SMILES string of the molecule is COc1cccc(CC(CCc2ccccc2)NN)c1F. The maximum atomic E-state index is 14.1. The first-order valence-corrected chi connectivity index (χ1v) is 7.06. The van der Waals surface area contributed by atoms with E-state index < -0.39 is 0 Å². The first kappa shape index (κ1) is 15.5. The number of halogens is 1. The maximum Gasteiger partial charge on any atom is 0.168 e. The van der Waals surface area contributed by atoms with Gasteiger partial charge in [-0.25, -0.2) is 4.39 Å². The van der Waals surface area contributed by atoms with E-state index in [-0.39, 0.29) is 17.6 Å². The van der Waals surface area contributed by atoms with Gasteiger partial charge in [-0.2, -0.15) is 0 Å². The molecule has 0 aliphatic heterocycles. The molecule has 0 heterocycles. The lowest BCUT2D eigenvalue weighted by Crippen LogP contribution is -2.37. The molecule has 0 amide bonds. The summed E-state index contributed by atoms with van der Waals surface area (Å²) in [6, 6.07) is 15.4. The van der Waals surface area contributed by atoms with Crippen molar-refractivity contribution >= 4 is 0 Å². The zero-order chi connectivity index (χ0) is 15.1. The second kappa shape index (κ2) is 7.76. The van der Waals surface area contributed by atoms with Crippen molar-refractivity contribution in [3.05, 3.63) is 65.5 Å². The van der Waals surface area contributed by atoms with E-state index in [1.807, 2.05) is 18.2 Å². The summed E-state index contributed by atoms with van der Waals surface area (Å²) in [6.45, 7) is 0. The Hall–Kier alpha value is -1.91.